The largest absolute Gasteiger partial charge is 0.348 e. The van der Waals surface area contributed by atoms with Gasteiger partial charge in [-0.2, -0.15) is 0 Å². The smallest absolute Gasteiger partial charge is 0.168 e. The maximum Gasteiger partial charge on any atom is 0.168 e. The van der Waals surface area contributed by atoms with E-state index in [2.05, 4.69) is 48.5 Å². The Bertz CT molecular complexity index is 639. The summed E-state index contributed by atoms with van der Waals surface area (Å²) in [6.07, 6.45) is 3.92. The maximum atomic E-state index is 5.83. The molecular weight excluding hydrogens is 299 g/mol. The molecule has 3 nitrogen and oxygen atoms in total. The highest BCUT2D eigenvalue weighted by Crippen LogP contribution is 2.37. The third kappa shape index (κ3) is 3.28. The summed E-state index contributed by atoms with van der Waals surface area (Å²) in [6, 6.07) is 21.3. The van der Waals surface area contributed by atoms with Gasteiger partial charge in [-0.3, -0.25) is 4.99 Å². The number of ether oxygens (including phenoxy) is 2. The van der Waals surface area contributed by atoms with Gasteiger partial charge in [-0.15, -0.1) is 0 Å². The van der Waals surface area contributed by atoms with E-state index in [4.69, 9.17) is 14.5 Å². The van der Waals surface area contributed by atoms with Crippen LogP contribution in [0.4, 0.5) is 0 Å². The first-order valence-corrected chi connectivity index (χ1v) is 8.81. The molecule has 2 aliphatic rings. The van der Waals surface area contributed by atoms with Crippen molar-refractivity contribution < 1.29 is 9.47 Å². The van der Waals surface area contributed by atoms with Crippen molar-refractivity contribution in [1.29, 1.82) is 0 Å². The first-order valence-electron chi connectivity index (χ1n) is 8.81. The molecule has 2 aromatic carbocycles. The normalized spacial score (nSPS) is 20.2. The van der Waals surface area contributed by atoms with Crippen LogP contribution >= 0.6 is 0 Å². The Morgan fingerprint density at radius 3 is 1.79 bits per heavy atom. The maximum absolute atomic E-state index is 5.83. The van der Waals surface area contributed by atoms with Gasteiger partial charge < -0.3 is 9.47 Å². The minimum Gasteiger partial charge on any atom is -0.348 e. The summed E-state index contributed by atoms with van der Waals surface area (Å²) in [5.74, 6) is -0.314. The molecule has 1 saturated heterocycles. The monoisotopic (exact) mass is 322 g/mol. The zero-order chi connectivity index (χ0) is 16.2. The predicted molar refractivity (Wildman–Crippen MR) is 95.4 cm³/mol. The van der Waals surface area contributed by atoms with Crippen molar-refractivity contribution in [2.75, 3.05) is 13.2 Å². The van der Waals surface area contributed by atoms with Gasteiger partial charge in [-0.05, 0) is 12.8 Å². The zero-order valence-corrected chi connectivity index (χ0v) is 13.9. The molecule has 1 heterocycles. The number of rotatable bonds is 3. The van der Waals surface area contributed by atoms with Crippen molar-refractivity contribution in [3.63, 3.8) is 0 Å². The van der Waals surface area contributed by atoms with Crippen LogP contribution in [0.1, 0.15) is 36.8 Å². The van der Waals surface area contributed by atoms with Crippen LogP contribution in [0, 0.1) is 0 Å². The Labute approximate surface area is 143 Å². The molecule has 24 heavy (non-hydrogen) atoms. The average molecular weight is 322 g/mol. The lowest BCUT2D eigenvalue weighted by molar-refractivity contribution is -0.178. The summed E-state index contributed by atoms with van der Waals surface area (Å²) in [5.41, 5.74) is 3.44. The SMILES string of the molecule is c1ccc(C(=[15N]C2CCC3(CC2)OCCO3)c2ccccc2)cc1. The molecule has 124 valence electrons. The quantitative estimate of drug-likeness (QED) is 0.626. The number of nitrogens with zero attached hydrogens (tertiary/aromatic N) is 1. The fourth-order valence-corrected chi connectivity index (χ4v) is 3.65. The summed E-state index contributed by atoms with van der Waals surface area (Å²) in [5, 5.41) is 0. The van der Waals surface area contributed by atoms with Crippen LogP contribution in [0.5, 0.6) is 0 Å². The zero-order valence-electron chi connectivity index (χ0n) is 13.9. The van der Waals surface area contributed by atoms with Gasteiger partial charge in [0.25, 0.3) is 0 Å². The second-order valence-corrected chi connectivity index (χ2v) is 6.55. The lowest BCUT2D eigenvalue weighted by Gasteiger charge is -2.34. The van der Waals surface area contributed by atoms with Gasteiger partial charge in [-0.1, -0.05) is 60.7 Å². The lowest BCUT2D eigenvalue weighted by atomic mass is 9.91. The Morgan fingerprint density at radius 1 is 0.792 bits per heavy atom. The summed E-state index contributed by atoms with van der Waals surface area (Å²) in [6.45, 7) is 1.46. The second-order valence-electron chi connectivity index (χ2n) is 6.55. The Kier molecular flexibility index (Phi) is 4.46. The van der Waals surface area contributed by atoms with Crippen molar-refractivity contribution in [2.24, 2.45) is 4.99 Å². The number of aliphatic imine (C=N–C) groups is 1. The molecule has 0 radical (unpaired) electrons. The first-order chi connectivity index (χ1) is 11.8. The van der Waals surface area contributed by atoms with Crippen molar-refractivity contribution in [2.45, 2.75) is 37.5 Å². The number of hydrogen-bond donors (Lipinski definition) is 0. The first kappa shape index (κ1) is 15.6. The molecule has 1 spiro atoms. The van der Waals surface area contributed by atoms with Crippen LogP contribution in [0.2, 0.25) is 0 Å². The summed E-state index contributed by atoms with van der Waals surface area (Å²) in [7, 11) is 0. The molecule has 0 bridgehead atoms. The van der Waals surface area contributed by atoms with E-state index >= 15 is 0 Å². The van der Waals surface area contributed by atoms with Gasteiger partial charge in [0.2, 0.25) is 0 Å². The van der Waals surface area contributed by atoms with Crippen LogP contribution in [0.3, 0.4) is 0 Å². The van der Waals surface area contributed by atoms with Crippen molar-refractivity contribution in [1.82, 2.24) is 0 Å². The molecule has 0 amide bonds. The van der Waals surface area contributed by atoms with Gasteiger partial charge >= 0.3 is 0 Å². The van der Waals surface area contributed by atoms with E-state index in [-0.39, 0.29) is 5.79 Å². The van der Waals surface area contributed by atoms with Gasteiger partial charge in [0.05, 0.1) is 25.0 Å². The summed E-state index contributed by atoms with van der Waals surface area (Å²) in [4.78, 5) is 5.14. The standard InChI is InChI=1S/C21H23NO2/c1-3-7-17(8-4-1)20(18-9-5-2-6-10-18)22-19-11-13-21(14-12-19)23-15-16-24-21/h1-10,19H,11-16H2/i22+1. The summed E-state index contributed by atoms with van der Waals surface area (Å²) >= 11 is 0. The van der Waals surface area contributed by atoms with Crippen LogP contribution in [0.25, 0.3) is 0 Å². The Balaban J connectivity index is 1.59. The van der Waals surface area contributed by atoms with E-state index in [9.17, 15) is 0 Å². The van der Waals surface area contributed by atoms with E-state index in [1.807, 2.05) is 12.1 Å². The van der Waals surface area contributed by atoms with Crippen molar-refractivity contribution >= 4 is 5.71 Å². The van der Waals surface area contributed by atoms with Crippen LogP contribution in [-0.2, 0) is 9.47 Å². The van der Waals surface area contributed by atoms with Crippen LogP contribution < -0.4 is 0 Å². The van der Waals surface area contributed by atoms with E-state index in [0.717, 1.165) is 44.6 Å². The molecule has 2 fully saturated rings. The predicted octanol–water partition coefficient (Wildman–Crippen LogP) is 4.21. The molecule has 0 aromatic heterocycles. The van der Waals surface area contributed by atoms with E-state index in [1.54, 1.807) is 0 Å². The molecule has 3 heteroatoms. The van der Waals surface area contributed by atoms with Crippen LogP contribution in [0.15, 0.2) is 65.7 Å². The van der Waals surface area contributed by atoms with Crippen LogP contribution in [-0.4, -0.2) is 30.8 Å². The molecule has 2 aromatic rings. The van der Waals surface area contributed by atoms with Gasteiger partial charge in [0, 0.05) is 24.0 Å². The topological polar surface area (TPSA) is 30.8 Å². The minimum absolute atomic E-state index is 0.314. The van der Waals surface area contributed by atoms with E-state index in [0.29, 0.717) is 6.04 Å². The average Bonchev–Trinajstić information content (AvgIpc) is 3.11. The lowest BCUT2D eigenvalue weighted by Crippen LogP contribution is -2.36. The van der Waals surface area contributed by atoms with Crippen molar-refractivity contribution in [3.05, 3.63) is 71.8 Å². The molecule has 0 N–H and O–H groups in total. The molecule has 0 unspecified atom stereocenters. The van der Waals surface area contributed by atoms with Gasteiger partial charge in [-0.25, -0.2) is 0 Å². The molecule has 0 atom stereocenters. The van der Waals surface area contributed by atoms with E-state index < -0.39 is 0 Å². The minimum atomic E-state index is -0.314. The highest BCUT2D eigenvalue weighted by molar-refractivity contribution is 6.12. The third-order valence-electron chi connectivity index (χ3n) is 4.94. The van der Waals surface area contributed by atoms with E-state index in [1.165, 1.54) is 11.1 Å². The van der Waals surface area contributed by atoms with Gasteiger partial charge in [0.15, 0.2) is 5.79 Å². The highest BCUT2D eigenvalue weighted by atomic mass is 16.7. The fourth-order valence-electron chi connectivity index (χ4n) is 3.65. The number of hydrogen-bond acceptors (Lipinski definition) is 3. The van der Waals surface area contributed by atoms with Crippen molar-refractivity contribution in [3.8, 4) is 0 Å². The van der Waals surface area contributed by atoms with Gasteiger partial charge in [0.1, 0.15) is 0 Å². The molecule has 4 rings (SSSR count). The highest BCUT2D eigenvalue weighted by Gasteiger charge is 2.40. The molecule has 1 saturated carbocycles. The molecular formula is C21H23NO2. The second kappa shape index (κ2) is 6.88. The Morgan fingerprint density at radius 2 is 1.29 bits per heavy atom. The molecule has 1 aliphatic heterocycles. The Hall–Kier alpha value is -1.97. The fraction of sp³-hybridized carbons (Fsp3) is 0.381. The number of benzene rings is 2. The third-order valence-corrected chi connectivity index (χ3v) is 4.94. The summed E-state index contributed by atoms with van der Waals surface area (Å²) < 4.78 is 11.7. The molecule has 1 aliphatic carbocycles.